The molecule has 4 heteroatoms. The lowest BCUT2D eigenvalue weighted by atomic mass is 10.1. The third kappa shape index (κ3) is 3.96. The quantitative estimate of drug-likeness (QED) is 0.773. The van der Waals surface area contributed by atoms with Gasteiger partial charge in [-0.25, -0.2) is 8.42 Å². The van der Waals surface area contributed by atoms with E-state index in [0.29, 0.717) is 23.5 Å². The van der Waals surface area contributed by atoms with Gasteiger partial charge in [-0.05, 0) is 25.3 Å². The Morgan fingerprint density at radius 2 is 1.93 bits per heavy atom. The second-order valence-corrected chi connectivity index (χ2v) is 6.65. The van der Waals surface area contributed by atoms with Crippen LogP contribution in [-0.4, -0.2) is 32.5 Å². The van der Waals surface area contributed by atoms with Gasteiger partial charge >= 0.3 is 0 Å². The maximum absolute atomic E-state index is 11.2. The number of sulfone groups is 1. The van der Waals surface area contributed by atoms with Gasteiger partial charge in [0.05, 0.1) is 11.5 Å². The Morgan fingerprint density at radius 3 is 2.43 bits per heavy atom. The van der Waals surface area contributed by atoms with E-state index in [2.05, 4.69) is 19.2 Å². The Morgan fingerprint density at radius 1 is 1.36 bits per heavy atom. The van der Waals surface area contributed by atoms with Crippen LogP contribution in [0, 0.1) is 5.92 Å². The first-order valence-electron chi connectivity index (χ1n) is 5.47. The molecule has 1 aliphatic heterocycles. The average Bonchev–Trinajstić information content (AvgIpc) is 2.16. The van der Waals surface area contributed by atoms with Crippen LogP contribution in [0.25, 0.3) is 0 Å². The summed E-state index contributed by atoms with van der Waals surface area (Å²) in [5.41, 5.74) is 0. The monoisotopic (exact) mass is 219 g/mol. The van der Waals surface area contributed by atoms with Crippen molar-refractivity contribution < 1.29 is 8.42 Å². The van der Waals surface area contributed by atoms with E-state index in [4.69, 9.17) is 0 Å². The van der Waals surface area contributed by atoms with Crippen molar-refractivity contribution in [2.24, 2.45) is 5.92 Å². The van der Waals surface area contributed by atoms with Gasteiger partial charge in [-0.1, -0.05) is 20.3 Å². The third-order valence-electron chi connectivity index (χ3n) is 3.01. The van der Waals surface area contributed by atoms with Crippen LogP contribution in [0.5, 0.6) is 0 Å². The summed E-state index contributed by atoms with van der Waals surface area (Å²) in [5.74, 6) is 1.42. The molecule has 1 atom stereocenters. The van der Waals surface area contributed by atoms with Crippen LogP contribution in [0.2, 0.25) is 0 Å². The van der Waals surface area contributed by atoms with Gasteiger partial charge in [-0.3, -0.25) is 0 Å². The molecule has 1 N–H and O–H groups in total. The topological polar surface area (TPSA) is 46.2 Å². The first kappa shape index (κ1) is 12.0. The van der Waals surface area contributed by atoms with Crippen molar-refractivity contribution in [3.05, 3.63) is 0 Å². The Hall–Kier alpha value is -0.0900. The fourth-order valence-electron chi connectivity index (χ4n) is 1.61. The standard InChI is InChI=1S/C10H21NO2S/c1-3-9(2)8-11-10-4-6-14(12,13)7-5-10/h9-11H,3-8H2,1-2H3. The molecule has 1 fully saturated rings. The molecule has 1 rings (SSSR count). The molecule has 0 amide bonds. The highest BCUT2D eigenvalue weighted by atomic mass is 32.2. The van der Waals surface area contributed by atoms with E-state index in [9.17, 15) is 8.42 Å². The highest BCUT2D eigenvalue weighted by molar-refractivity contribution is 7.91. The van der Waals surface area contributed by atoms with Crippen molar-refractivity contribution in [1.82, 2.24) is 5.32 Å². The van der Waals surface area contributed by atoms with Gasteiger partial charge in [-0.2, -0.15) is 0 Å². The lowest BCUT2D eigenvalue weighted by molar-refractivity contribution is 0.413. The Balaban J connectivity index is 2.23. The molecular formula is C10H21NO2S. The second-order valence-electron chi connectivity index (χ2n) is 4.35. The molecule has 0 aromatic heterocycles. The number of nitrogens with one attached hydrogen (secondary N) is 1. The van der Waals surface area contributed by atoms with E-state index in [1.54, 1.807) is 0 Å². The molecule has 0 bridgehead atoms. The summed E-state index contributed by atoms with van der Waals surface area (Å²) in [6.45, 7) is 5.41. The van der Waals surface area contributed by atoms with Gasteiger partial charge in [-0.15, -0.1) is 0 Å². The van der Waals surface area contributed by atoms with E-state index in [-0.39, 0.29) is 0 Å². The highest BCUT2D eigenvalue weighted by Gasteiger charge is 2.23. The summed E-state index contributed by atoms with van der Waals surface area (Å²) in [4.78, 5) is 0. The van der Waals surface area contributed by atoms with Crippen LogP contribution in [0.1, 0.15) is 33.1 Å². The van der Waals surface area contributed by atoms with E-state index >= 15 is 0 Å². The van der Waals surface area contributed by atoms with Gasteiger partial charge in [0.25, 0.3) is 0 Å². The van der Waals surface area contributed by atoms with Crippen LogP contribution in [0.3, 0.4) is 0 Å². The van der Waals surface area contributed by atoms with Crippen molar-refractivity contribution in [3.8, 4) is 0 Å². The van der Waals surface area contributed by atoms with Crippen LogP contribution < -0.4 is 5.32 Å². The highest BCUT2D eigenvalue weighted by Crippen LogP contribution is 2.12. The SMILES string of the molecule is CCC(C)CNC1CCS(=O)(=O)CC1. The van der Waals surface area contributed by atoms with E-state index in [1.807, 2.05) is 0 Å². The zero-order valence-corrected chi connectivity index (χ0v) is 9.94. The fourth-order valence-corrected chi connectivity index (χ4v) is 3.10. The molecule has 0 aromatic rings. The number of rotatable bonds is 4. The van der Waals surface area contributed by atoms with Crippen LogP contribution in [0.4, 0.5) is 0 Å². The van der Waals surface area contributed by atoms with Gasteiger partial charge in [0.15, 0.2) is 0 Å². The third-order valence-corrected chi connectivity index (χ3v) is 4.72. The minimum atomic E-state index is -2.70. The van der Waals surface area contributed by atoms with Crippen LogP contribution >= 0.6 is 0 Å². The zero-order valence-electron chi connectivity index (χ0n) is 9.12. The second kappa shape index (κ2) is 5.12. The van der Waals surface area contributed by atoms with E-state index in [1.165, 1.54) is 6.42 Å². The number of hydrogen-bond donors (Lipinski definition) is 1. The minimum Gasteiger partial charge on any atom is -0.314 e. The lowest BCUT2D eigenvalue weighted by Crippen LogP contribution is -2.39. The molecule has 0 spiro atoms. The summed E-state index contributed by atoms with van der Waals surface area (Å²) in [7, 11) is -2.70. The fraction of sp³-hybridized carbons (Fsp3) is 1.00. The van der Waals surface area contributed by atoms with Crippen molar-refractivity contribution >= 4 is 9.84 Å². The summed E-state index contributed by atoms with van der Waals surface area (Å²) >= 11 is 0. The lowest BCUT2D eigenvalue weighted by Gasteiger charge is -2.24. The molecule has 1 aliphatic rings. The molecule has 1 unspecified atom stereocenters. The van der Waals surface area contributed by atoms with Crippen molar-refractivity contribution in [2.45, 2.75) is 39.2 Å². The molecule has 0 aromatic carbocycles. The Labute approximate surface area is 87.2 Å². The normalized spacial score (nSPS) is 24.7. The minimum absolute atomic E-state index is 0.366. The van der Waals surface area contributed by atoms with Gasteiger partial charge < -0.3 is 5.32 Å². The molecular weight excluding hydrogens is 198 g/mol. The maximum atomic E-state index is 11.2. The summed E-state index contributed by atoms with van der Waals surface area (Å²) in [6, 6.07) is 0.424. The smallest absolute Gasteiger partial charge is 0.150 e. The largest absolute Gasteiger partial charge is 0.314 e. The van der Waals surface area contributed by atoms with Crippen LogP contribution in [-0.2, 0) is 9.84 Å². The zero-order chi connectivity index (χ0) is 10.6. The molecule has 0 saturated carbocycles. The molecule has 3 nitrogen and oxygen atoms in total. The maximum Gasteiger partial charge on any atom is 0.150 e. The van der Waals surface area contributed by atoms with Crippen molar-refractivity contribution in [2.75, 3.05) is 18.1 Å². The average molecular weight is 219 g/mol. The summed E-state index contributed by atoms with van der Waals surface area (Å²) < 4.78 is 22.3. The van der Waals surface area contributed by atoms with Gasteiger partial charge in [0, 0.05) is 6.04 Å². The molecule has 1 heterocycles. The van der Waals surface area contributed by atoms with Crippen molar-refractivity contribution in [1.29, 1.82) is 0 Å². The number of hydrogen-bond acceptors (Lipinski definition) is 3. The molecule has 84 valence electrons. The molecule has 0 radical (unpaired) electrons. The van der Waals surface area contributed by atoms with E-state index < -0.39 is 9.84 Å². The first-order chi connectivity index (χ1) is 6.53. The predicted octanol–water partition coefficient (Wildman–Crippen LogP) is 1.20. The summed E-state index contributed by atoms with van der Waals surface area (Å²) in [6.07, 6.45) is 2.76. The van der Waals surface area contributed by atoms with Gasteiger partial charge in [0.1, 0.15) is 9.84 Å². The van der Waals surface area contributed by atoms with Gasteiger partial charge in [0.2, 0.25) is 0 Å². The molecule has 14 heavy (non-hydrogen) atoms. The first-order valence-corrected chi connectivity index (χ1v) is 7.29. The Bertz CT molecular complexity index is 247. The molecule has 0 aliphatic carbocycles. The van der Waals surface area contributed by atoms with E-state index in [0.717, 1.165) is 19.4 Å². The predicted molar refractivity (Wildman–Crippen MR) is 59.1 cm³/mol. The summed E-state index contributed by atoms with van der Waals surface area (Å²) in [5, 5.41) is 3.45. The van der Waals surface area contributed by atoms with Crippen molar-refractivity contribution in [3.63, 3.8) is 0 Å². The Kier molecular flexibility index (Phi) is 4.38. The van der Waals surface area contributed by atoms with Crippen LogP contribution in [0.15, 0.2) is 0 Å². The molecule has 1 saturated heterocycles.